The molecule has 1 aliphatic rings. The van der Waals surface area contributed by atoms with Crippen LogP contribution in [0.2, 0.25) is 0 Å². The molecule has 1 rings (SSSR count). The van der Waals surface area contributed by atoms with Crippen LogP contribution in [0.1, 0.15) is 33.6 Å². The number of ether oxygens (including phenoxy) is 1. The van der Waals surface area contributed by atoms with Crippen LogP contribution in [0.25, 0.3) is 0 Å². The summed E-state index contributed by atoms with van der Waals surface area (Å²) in [5.74, 6) is -0.345. The van der Waals surface area contributed by atoms with E-state index in [0.29, 0.717) is 0 Å². The average Bonchev–Trinajstić information content (AvgIpc) is 1.92. The van der Waals surface area contributed by atoms with E-state index in [9.17, 15) is 4.79 Å². The molecular formula is C10H16O2Y-2. The second-order valence-electron chi connectivity index (χ2n) is 4.33. The van der Waals surface area contributed by atoms with Gasteiger partial charge in [-0.3, -0.25) is 4.79 Å². The Balaban J connectivity index is 0.00000144. The first-order valence-electron chi connectivity index (χ1n) is 4.32. The van der Waals surface area contributed by atoms with Crippen LogP contribution in [0.5, 0.6) is 0 Å². The van der Waals surface area contributed by atoms with E-state index in [1.54, 1.807) is 0 Å². The molecule has 0 aromatic carbocycles. The summed E-state index contributed by atoms with van der Waals surface area (Å²) in [6.07, 6.45) is 2.59. The summed E-state index contributed by atoms with van der Waals surface area (Å²) in [6, 6.07) is 0. The Morgan fingerprint density at radius 2 is 2.08 bits per heavy atom. The molecule has 1 fully saturated rings. The fraction of sp³-hybridized carbons (Fsp3) is 0.700. The van der Waals surface area contributed by atoms with Gasteiger partial charge in [-0.25, -0.2) is 0 Å². The number of esters is 1. The van der Waals surface area contributed by atoms with Gasteiger partial charge in [-0.2, -0.15) is 0 Å². The molecule has 0 aromatic heterocycles. The van der Waals surface area contributed by atoms with Crippen LogP contribution in [0.4, 0.5) is 0 Å². The second-order valence-corrected chi connectivity index (χ2v) is 4.33. The van der Waals surface area contributed by atoms with E-state index in [0.717, 1.165) is 18.9 Å². The maximum atomic E-state index is 11.1. The minimum atomic E-state index is -0.175. The third kappa shape index (κ3) is 3.67. The molecule has 1 radical (unpaired) electrons. The van der Waals surface area contributed by atoms with E-state index < -0.39 is 0 Å². The van der Waals surface area contributed by atoms with E-state index in [-0.39, 0.29) is 50.0 Å². The van der Waals surface area contributed by atoms with Gasteiger partial charge in [-0.1, -0.05) is 33.1 Å². The number of cyclic esters (lactones) is 1. The van der Waals surface area contributed by atoms with Crippen LogP contribution >= 0.6 is 0 Å². The Bertz CT molecular complexity index is 184. The summed E-state index contributed by atoms with van der Waals surface area (Å²) in [5, 5.41) is 0. The zero-order valence-corrected chi connectivity index (χ0v) is 11.4. The Hall–Kier alpha value is 0.574. The summed E-state index contributed by atoms with van der Waals surface area (Å²) in [4.78, 5) is 11.1. The zero-order valence-electron chi connectivity index (χ0n) is 8.59. The normalized spacial score (nSPS) is 24.9. The van der Waals surface area contributed by atoms with Crippen molar-refractivity contribution >= 4 is 5.97 Å². The van der Waals surface area contributed by atoms with Crippen molar-refractivity contribution in [3.8, 4) is 0 Å². The Labute approximate surface area is 106 Å². The van der Waals surface area contributed by atoms with Gasteiger partial charge in [0.05, 0.1) is 0 Å². The van der Waals surface area contributed by atoms with Crippen LogP contribution in [0.15, 0.2) is 0 Å². The number of hydrogen-bond donors (Lipinski definition) is 0. The van der Waals surface area contributed by atoms with Crippen molar-refractivity contribution in [2.45, 2.75) is 33.6 Å². The molecule has 0 aromatic rings. The van der Waals surface area contributed by atoms with E-state index in [4.69, 9.17) is 4.74 Å². The first-order chi connectivity index (χ1) is 5.41. The number of rotatable bonds is 0. The molecule has 3 heteroatoms. The van der Waals surface area contributed by atoms with Crippen molar-refractivity contribution in [2.75, 3.05) is 0 Å². The second kappa shape index (κ2) is 4.88. The molecule has 0 bridgehead atoms. The van der Waals surface area contributed by atoms with Crippen LogP contribution in [0, 0.1) is 24.4 Å². The minimum Gasteiger partial charge on any atom is -0.635 e. The van der Waals surface area contributed by atoms with Crippen molar-refractivity contribution in [3.63, 3.8) is 0 Å². The summed E-state index contributed by atoms with van der Waals surface area (Å²) in [6.45, 7) is 9.87. The van der Waals surface area contributed by atoms with Gasteiger partial charge in [0.15, 0.2) is 0 Å². The first kappa shape index (κ1) is 13.6. The van der Waals surface area contributed by atoms with Gasteiger partial charge < -0.3 is 11.7 Å². The zero-order chi connectivity index (χ0) is 9.35. The standard InChI is InChI=1S/C10H16O2.Y/c1-7-5-6-8(10(2,3)4)12-9(7)11;/h7H,1,5-6H2,2-4H3;/q-2;. The molecular weight excluding hydrogens is 241 g/mol. The largest absolute Gasteiger partial charge is 0.635 e. The van der Waals surface area contributed by atoms with Gasteiger partial charge >= 0.3 is 0 Å². The number of carbonyl (C=O) groups excluding carboxylic acids is 1. The third-order valence-corrected chi connectivity index (χ3v) is 2.11. The predicted molar refractivity (Wildman–Crippen MR) is 46.9 cm³/mol. The number of carbonyl (C=O) groups is 1. The molecule has 0 aliphatic carbocycles. The smallest absolute Gasteiger partial charge is 0.247 e. The molecule has 13 heavy (non-hydrogen) atoms. The Kier molecular flexibility index (Phi) is 5.10. The van der Waals surface area contributed by atoms with Crippen LogP contribution in [-0.2, 0) is 42.2 Å². The quantitative estimate of drug-likeness (QED) is 0.492. The van der Waals surface area contributed by atoms with Crippen LogP contribution < -0.4 is 0 Å². The summed E-state index contributed by atoms with van der Waals surface area (Å²) in [7, 11) is 0. The van der Waals surface area contributed by atoms with Gasteiger partial charge in [0.25, 0.3) is 0 Å². The fourth-order valence-electron chi connectivity index (χ4n) is 1.21. The van der Waals surface area contributed by atoms with Crippen LogP contribution in [0.3, 0.4) is 0 Å². The number of hydrogen-bond acceptors (Lipinski definition) is 2. The predicted octanol–water partition coefficient (Wildman–Crippen LogP) is 2.35. The third-order valence-electron chi connectivity index (χ3n) is 2.11. The molecule has 1 heterocycles. The molecule has 1 aliphatic heterocycles. The SMILES string of the molecule is [CH2-]C1CC[C-](C(C)(C)C)OC1=O.[Y]. The molecule has 1 saturated heterocycles. The summed E-state index contributed by atoms with van der Waals surface area (Å²) >= 11 is 0. The molecule has 0 amide bonds. The molecule has 1 atom stereocenters. The minimum absolute atomic E-state index is 0. The Morgan fingerprint density at radius 1 is 1.54 bits per heavy atom. The van der Waals surface area contributed by atoms with Gasteiger partial charge in [-0.05, 0) is 0 Å². The van der Waals surface area contributed by atoms with Gasteiger partial charge in [0.2, 0.25) is 5.97 Å². The first-order valence-corrected chi connectivity index (χ1v) is 4.32. The fourth-order valence-corrected chi connectivity index (χ4v) is 1.21. The van der Waals surface area contributed by atoms with Crippen molar-refractivity contribution in [2.24, 2.45) is 11.3 Å². The topological polar surface area (TPSA) is 26.3 Å². The maximum absolute atomic E-state index is 11.1. The van der Waals surface area contributed by atoms with E-state index in [2.05, 4.69) is 27.7 Å². The average molecular weight is 257 g/mol. The van der Waals surface area contributed by atoms with Gasteiger partial charge in [0, 0.05) is 32.7 Å². The molecule has 0 N–H and O–H groups in total. The van der Waals surface area contributed by atoms with Crippen LogP contribution in [-0.4, -0.2) is 5.97 Å². The Morgan fingerprint density at radius 3 is 2.46 bits per heavy atom. The van der Waals surface area contributed by atoms with E-state index in [1.807, 2.05) is 0 Å². The monoisotopic (exact) mass is 257 g/mol. The van der Waals surface area contributed by atoms with Gasteiger partial charge in [0.1, 0.15) is 0 Å². The van der Waals surface area contributed by atoms with Crippen molar-refractivity contribution in [1.29, 1.82) is 0 Å². The molecule has 1 unspecified atom stereocenters. The van der Waals surface area contributed by atoms with Crippen molar-refractivity contribution < 1.29 is 42.2 Å². The summed E-state index contributed by atoms with van der Waals surface area (Å²) in [5.41, 5.74) is -0.0181. The van der Waals surface area contributed by atoms with Crippen molar-refractivity contribution in [3.05, 3.63) is 13.0 Å². The molecule has 73 valence electrons. The van der Waals surface area contributed by atoms with E-state index in [1.165, 1.54) is 0 Å². The van der Waals surface area contributed by atoms with E-state index >= 15 is 0 Å². The van der Waals surface area contributed by atoms with Crippen molar-refractivity contribution in [1.82, 2.24) is 0 Å². The molecule has 0 saturated carbocycles. The maximum Gasteiger partial charge on any atom is 0.247 e. The van der Waals surface area contributed by atoms with Gasteiger partial charge in [-0.15, -0.1) is 17.9 Å². The molecule has 2 nitrogen and oxygen atoms in total. The molecule has 0 spiro atoms. The summed E-state index contributed by atoms with van der Waals surface area (Å²) < 4.78 is 5.18.